The minimum Gasteiger partial charge on any atom is -0.443 e. The molecule has 23 heavy (non-hydrogen) atoms. The predicted octanol–water partition coefficient (Wildman–Crippen LogP) is 3.19. The predicted molar refractivity (Wildman–Crippen MR) is 86.2 cm³/mol. The first-order valence-corrected chi connectivity index (χ1v) is 7.91. The van der Waals surface area contributed by atoms with Gasteiger partial charge in [0.2, 0.25) is 6.10 Å². The van der Waals surface area contributed by atoms with Crippen LogP contribution in [-0.4, -0.2) is 34.8 Å². The highest BCUT2D eigenvalue weighted by atomic mass is 35.5. The zero-order valence-corrected chi connectivity index (χ0v) is 13.3. The van der Waals surface area contributed by atoms with Crippen molar-refractivity contribution in [2.45, 2.75) is 18.9 Å². The van der Waals surface area contributed by atoms with E-state index >= 15 is 0 Å². The molecule has 1 aliphatic heterocycles. The maximum Gasteiger partial charge on any atom is 0.355 e. The van der Waals surface area contributed by atoms with E-state index in [0.717, 1.165) is 12.8 Å². The first-order valence-electron chi connectivity index (χ1n) is 7.54. The van der Waals surface area contributed by atoms with Gasteiger partial charge in [-0.1, -0.05) is 41.9 Å². The maximum atomic E-state index is 12.7. The Bertz CT molecular complexity index is 693. The van der Waals surface area contributed by atoms with E-state index in [9.17, 15) is 9.59 Å². The van der Waals surface area contributed by atoms with Gasteiger partial charge in [0.1, 0.15) is 5.69 Å². The van der Waals surface area contributed by atoms with E-state index in [1.807, 2.05) is 18.2 Å². The van der Waals surface area contributed by atoms with Crippen LogP contribution in [0.3, 0.4) is 0 Å². The zero-order chi connectivity index (χ0) is 16.2. The number of hydrogen-bond donors (Lipinski definition) is 1. The smallest absolute Gasteiger partial charge is 0.355 e. The first kappa shape index (κ1) is 15.6. The van der Waals surface area contributed by atoms with E-state index in [1.54, 1.807) is 17.0 Å². The molecule has 5 nitrogen and oxygen atoms in total. The molecule has 0 aliphatic carbocycles. The lowest BCUT2D eigenvalue weighted by Gasteiger charge is -2.23. The molecule has 6 heteroatoms. The molecule has 2 heterocycles. The Balaban J connectivity index is 1.83. The number of halogens is 1. The Hall–Kier alpha value is -2.27. The standard InChI is InChI=1S/C17H17ClN2O3/c18-13-10-14(19-11-13)17(22)23-15(12-6-2-1-3-7-12)16(21)20-8-4-5-9-20/h1-3,6-7,10-11,15,19H,4-5,8-9H2. The SMILES string of the molecule is O=C(OC(C(=O)N1CCCC1)c1ccccc1)c1cc(Cl)c[nH]1. The van der Waals surface area contributed by atoms with E-state index in [2.05, 4.69) is 4.98 Å². The summed E-state index contributed by atoms with van der Waals surface area (Å²) in [5.74, 6) is -0.780. The first-order chi connectivity index (χ1) is 11.1. The van der Waals surface area contributed by atoms with Crippen molar-refractivity contribution in [2.24, 2.45) is 0 Å². The number of nitrogens with one attached hydrogen (secondary N) is 1. The molecule has 0 radical (unpaired) electrons. The van der Waals surface area contributed by atoms with Crippen LogP contribution in [0, 0.1) is 0 Å². The Kier molecular flexibility index (Phi) is 4.67. The van der Waals surface area contributed by atoms with E-state index in [-0.39, 0.29) is 11.6 Å². The van der Waals surface area contributed by atoms with Crippen LogP contribution in [0.25, 0.3) is 0 Å². The number of rotatable bonds is 4. The fourth-order valence-corrected chi connectivity index (χ4v) is 2.81. The summed E-state index contributed by atoms with van der Waals surface area (Å²) in [4.78, 5) is 29.5. The molecule has 1 atom stereocenters. The molecule has 0 bridgehead atoms. The van der Waals surface area contributed by atoms with Gasteiger partial charge >= 0.3 is 5.97 Å². The second kappa shape index (κ2) is 6.87. The molecule has 1 fully saturated rings. The van der Waals surface area contributed by atoms with Crippen molar-refractivity contribution in [3.8, 4) is 0 Å². The molecule has 1 saturated heterocycles. The van der Waals surface area contributed by atoms with Crippen molar-refractivity contribution in [3.63, 3.8) is 0 Å². The number of nitrogens with zero attached hydrogens (tertiary/aromatic N) is 1. The third-order valence-electron chi connectivity index (χ3n) is 3.84. The van der Waals surface area contributed by atoms with Crippen molar-refractivity contribution >= 4 is 23.5 Å². The van der Waals surface area contributed by atoms with Gasteiger partial charge in [0.05, 0.1) is 5.02 Å². The zero-order valence-electron chi connectivity index (χ0n) is 12.5. The Morgan fingerprint density at radius 1 is 1.17 bits per heavy atom. The summed E-state index contributed by atoms with van der Waals surface area (Å²) in [5.41, 5.74) is 0.889. The van der Waals surface area contributed by atoms with Crippen LogP contribution in [-0.2, 0) is 9.53 Å². The molecular weight excluding hydrogens is 316 g/mol. The lowest BCUT2D eigenvalue weighted by Crippen LogP contribution is -2.34. The van der Waals surface area contributed by atoms with Gasteiger partial charge in [-0.15, -0.1) is 0 Å². The lowest BCUT2D eigenvalue weighted by molar-refractivity contribution is -0.140. The minimum absolute atomic E-state index is 0.181. The quantitative estimate of drug-likeness (QED) is 0.875. The normalized spacial score (nSPS) is 15.4. The Labute approximate surface area is 139 Å². The van der Waals surface area contributed by atoms with E-state index in [4.69, 9.17) is 16.3 Å². The molecule has 0 spiro atoms. The summed E-state index contributed by atoms with van der Waals surface area (Å²) >= 11 is 5.81. The van der Waals surface area contributed by atoms with Gasteiger partial charge in [-0.05, 0) is 18.9 Å². The fourth-order valence-electron chi connectivity index (χ4n) is 2.65. The summed E-state index contributed by atoms with van der Waals surface area (Å²) in [7, 11) is 0. The molecule has 120 valence electrons. The minimum atomic E-state index is -0.941. The number of esters is 1. The van der Waals surface area contributed by atoms with Gasteiger partial charge in [-0.2, -0.15) is 0 Å². The molecule has 1 N–H and O–H groups in total. The number of amides is 1. The number of ether oxygens (including phenoxy) is 1. The monoisotopic (exact) mass is 332 g/mol. The Morgan fingerprint density at radius 3 is 2.48 bits per heavy atom. The third kappa shape index (κ3) is 3.56. The van der Waals surface area contributed by atoms with Crippen molar-refractivity contribution in [3.05, 3.63) is 58.9 Å². The Morgan fingerprint density at radius 2 is 1.87 bits per heavy atom. The topological polar surface area (TPSA) is 62.4 Å². The molecule has 0 saturated carbocycles. The molecule has 1 amide bonds. The second-order valence-electron chi connectivity index (χ2n) is 5.46. The number of benzene rings is 1. The van der Waals surface area contributed by atoms with Crippen LogP contribution in [0.2, 0.25) is 5.02 Å². The number of aromatic nitrogens is 1. The average molecular weight is 333 g/mol. The fraction of sp³-hybridized carbons (Fsp3) is 0.294. The highest BCUT2D eigenvalue weighted by molar-refractivity contribution is 6.30. The second-order valence-corrected chi connectivity index (χ2v) is 5.90. The van der Waals surface area contributed by atoms with Crippen LogP contribution in [0.5, 0.6) is 0 Å². The van der Waals surface area contributed by atoms with Crippen LogP contribution < -0.4 is 0 Å². The number of carbonyl (C=O) groups is 2. The number of carbonyl (C=O) groups excluding carboxylic acids is 2. The highest BCUT2D eigenvalue weighted by Crippen LogP contribution is 2.24. The highest BCUT2D eigenvalue weighted by Gasteiger charge is 2.31. The van der Waals surface area contributed by atoms with Crippen LogP contribution in [0.15, 0.2) is 42.6 Å². The van der Waals surface area contributed by atoms with Crippen molar-refractivity contribution in [1.82, 2.24) is 9.88 Å². The summed E-state index contributed by atoms with van der Waals surface area (Å²) in [5, 5.41) is 0.416. The number of hydrogen-bond acceptors (Lipinski definition) is 3. The van der Waals surface area contributed by atoms with Crippen molar-refractivity contribution < 1.29 is 14.3 Å². The number of aromatic amines is 1. The van der Waals surface area contributed by atoms with Gasteiger partial charge in [-0.3, -0.25) is 4.79 Å². The summed E-state index contributed by atoms with van der Waals surface area (Å²) in [6.07, 6.45) is 2.52. The van der Waals surface area contributed by atoms with Crippen molar-refractivity contribution in [2.75, 3.05) is 13.1 Å². The van der Waals surface area contributed by atoms with Gasteiger partial charge in [0.25, 0.3) is 5.91 Å². The average Bonchev–Trinajstić information content (AvgIpc) is 3.24. The van der Waals surface area contributed by atoms with Crippen LogP contribution in [0.1, 0.15) is 35.0 Å². The molecule has 1 unspecified atom stereocenters. The lowest BCUT2D eigenvalue weighted by atomic mass is 10.1. The van der Waals surface area contributed by atoms with Gasteiger partial charge in [-0.25, -0.2) is 4.79 Å². The van der Waals surface area contributed by atoms with Crippen LogP contribution in [0.4, 0.5) is 0 Å². The molecule has 3 rings (SSSR count). The van der Waals surface area contributed by atoms with Gasteiger partial charge < -0.3 is 14.6 Å². The summed E-state index contributed by atoms with van der Waals surface area (Å²) < 4.78 is 5.49. The maximum absolute atomic E-state index is 12.7. The molecule has 1 aromatic carbocycles. The number of likely N-dealkylation sites (tertiary alicyclic amines) is 1. The molecular formula is C17H17ClN2O3. The van der Waals surface area contributed by atoms with Gasteiger partial charge in [0.15, 0.2) is 0 Å². The van der Waals surface area contributed by atoms with Crippen molar-refractivity contribution in [1.29, 1.82) is 0 Å². The van der Waals surface area contributed by atoms with E-state index in [0.29, 0.717) is 23.7 Å². The third-order valence-corrected chi connectivity index (χ3v) is 4.06. The molecule has 2 aromatic rings. The largest absolute Gasteiger partial charge is 0.443 e. The van der Waals surface area contributed by atoms with E-state index < -0.39 is 12.1 Å². The van der Waals surface area contributed by atoms with E-state index in [1.165, 1.54) is 12.3 Å². The van der Waals surface area contributed by atoms with Gasteiger partial charge in [0, 0.05) is 24.8 Å². The summed E-state index contributed by atoms with van der Waals surface area (Å²) in [6, 6.07) is 10.5. The summed E-state index contributed by atoms with van der Waals surface area (Å²) in [6.45, 7) is 1.40. The molecule has 1 aromatic heterocycles. The van der Waals surface area contributed by atoms with Crippen LogP contribution >= 0.6 is 11.6 Å². The number of H-pyrrole nitrogens is 1. The molecule has 1 aliphatic rings.